The van der Waals surface area contributed by atoms with E-state index < -0.39 is 4.92 Å². The minimum Gasteiger partial charge on any atom is -0.368 e. The highest BCUT2D eigenvalue weighted by molar-refractivity contribution is 9.10. The van der Waals surface area contributed by atoms with Gasteiger partial charge in [-0.3, -0.25) is 10.1 Å². The normalized spacial score (nSPS) is 10.3. The van der Waals surface area contributed by atoms with Crippen molar-refractivity contribution in [1.29, 1.82) is 0 Å². The number of hydrogen-bond donors (Lipinski definition) is 1. The van der Waals surface area contributed by atoms with E-state index in [0.29, 0.717) is 5.03 Å². The molecule has 2 rings (SSSR count). The monoisotopic (exact) mass is 327 g/mol. The van der Waals surface area contributed by atoms with Crippen molar-refractivity contribution in [1.82, 2.24) is 15.0 Å². The Hall–Kier alpha value is -1.74. The third-order valence-corrected chi connectivity index (χ3v) is 3.78. The van der Waals surface area contributed by atoms with Crippen LogP contribution >= 0.6 is 27.7 Å². The molecule has 0 radical (unpaired) electrons. The lowest BCUT2D eigenvalue weighted by Gasteiger charge is -2.03. The van der Waals surface area contributed by atoms with E-state index in [4.69, 9.17) is 5.73 Å². The summed E-state index contributed by atoms with van der Waals surface area (Å²) in [5.41, 5.74) is 5.23. The summed E-state index contributed by atoms with van der Waals surface area (Å²) in [7, 11) is 0. The lowest BCUT2D eigenvalue weighted by Crippen LogP contribution is -2.00. The van der Waals surface area contributed by atoms with E-state index in [1.807, 2.05) is 0 Å². The van der Waals surface area contributed by atoms with Crippen molar-refractivity contribution < 1.29 is 4.92 Å². The second kappa shape index (κ2) is 5.27. The SMILES string of the molecule is Nc1ncc([N+](=O)[O-])c(Sc2ncccc2Br)n1. The smallest absolute Gasteiger partial charge is 0.320 e. The summed E-state index contributed by atoms with van der Waals surface area (Å²) in [6.07, 6.45) is 2.67. The van der Waals surface area contributed by atoms with E-state index in [2.05, 4.69) is 30.9 Å². The molecule has 92 valence electrons. The molecule has 0 atom stereocenters. The summed E-state index contributed by atoms with van der Waals surface area (Å²) in [5, 5.41) is 11.6. The minimum absolute atomic E-state index is 0.0184. The van der Waals surface area contributed by atoms with Gasteiger partial charge in [0.15, 0.2) is 5.03 Å². The van der Waals surface area contributed by atoms with E-state index in [-0.39, 0.29) is 16.7 Å². The van der Waals surface area contributed by atoms with Crippen molar-refractivity contribution in [2.75, 3.05) is 5.73 Å². The number of rotatable bonds is 3. The Morgan fingerprint density at radius 1 is 1.39 bits per heavy atom. The Balaban J connectivity index is 2.42. The average molecular weight is 328 g/mol. The molecule has 7 nitrogen and oxygen atoms in total. The molecule has 0 amide bonds. The molecule has 0 fully saturated rings. The second-order valence-electron chi connectivity index (χ2n) is 3.07. The van der Waals surface area contributed by atoms with Crippen LogP contribution < -0.4 is 5.73 Å². The molecule has 0 saturated heterocycles. The quantitative estimate of drug-likeness (QED) is 0.523. The molecular weight excluding hydrogens is 322 g/mol. The Labute approximate surface area is 114 Å². The zero-order valence-corrected chi connectivity index (χ0v) is 11.2. The lowest BCUT2D eigenvalue weighted by atomic mass is 10.5. The fourth-order valence-corrected chi connectivity index (χ4v) is 2.44. The number of nitrogens with two attached hydrogens (primary N) is 1. The first kappa shape index (κ1) is 12.7. The number of aromatic nitrogens is 3. The van der Waals surface area contributed by atoms with Crippen molar-refractivity contribution in [3.63, 3.8) is 0 Å². The summed E-state index contributed by atoms with van der Waals surface area (Å²) in [4.78, 5) is 21.8. The maximum Gasteiger partial charge on any atom is 0.320 e. The molecule has 9 heteroatoms. The van der Waals surface area contributed by atoms with Crippen LogP contribution in [0.15, 0.2) is 39.1 Å². The first-order valence-corrected chi connectivity index (χ1v) is 6.24. The summed E-state index contributed by atoms with van der Waals surface area (Å²) in [6.45, 7) is 0. The number of hydrogen-bond acceptors (Lipinski definition) is 7. The first-order valence-electron chi connectivity index (χ1n) is 4.63. The summed E-state index contributed by atoms with van der Waals surface area (Å²) < 4.78 is 0.724. The lowest BCUT2D eigenvalue weighted by molar-refractivity contribution is -0.388. The van der Waals surface area contributed by atoms with Gasteiger partial charge in [-0.05, 0) is 39.8 Å². The van der Waals surface area contributed by atoms with Crippen molar-refractivity contribution in [2.24, 2.45) is 0 Å². The molecule has 0 aliphatic heterocycles. The highest BCUT2D eigenvalue weighted by Crippen LogP contribution is 2.35. The predicted molar refractivity (Wildman–Crippen MR) is 69.2 cm³/mol. The van der Waals surface area contributed by atoms with Gasteiger partial charge in [-0.25, -0.2) is 9.97 Å². The van der Waals surface area contributed by atoms with Gasteiger partial charge >= 0.3 is 5.69 Å². The highest BCUT2D eigenvalue weighted by atomic mass is 79.9. The molecular formula is C9H6BrN5O2S. The summed E-state index contributed by atoms with van der Waals surface area (Å²) in [6, 6.07) is 3.53. The zero-order chi connectivity index (χ0) is 13.1. The Bertz CT molecular complexity index is 609. The van der Waals surface area contributed by atoms with Crippen molar-refractivity contribution in [3.8, 4) is 0 Å². The van der Waals surface area contributed by atoms with Crippen LogP contribution in [0.1, 0.15) is 0 Å². The first-order chi connectivity index (χ1) is 8.58. The molecule has 2 N–H and O–H groups in total. The van der Waals surface area contributed by atoms with Crippen molar-refractivity contribution >= 4 is 39.3 Å². The summed E-state index contributed by atoms with van der Waals surface area (Å²) >= 11 is 4.36. The van der Waals surface area contributed by atoms with Gasteiger partial charge in [0.1, 0.15) is 11.2 Å². The Morgan fingerprint density at radius 2 is 2.17 bits per heavy atom. The number of pyridine rings is 1. The van der Waals surface area contributed by atoms with Gasteiger partial charge < -0.3 is 5.73 Å². The fourth-order valence-electron chi connectivity index (χ4n) is 1.11. The van der Waals surface area contributed by atoms with E-state index in [1.165, 1.54) is 0 Å². The molecule has 0 saturated carbocycles. The van der Waals surface area contributed by atoms with Gasteiger partial charge in [-0.2, -0.15) is 4.98 Å². The van der Waals surface area contributed by atoms with Gasteiger partial charge in [0.2, 0.25) is 5.95 Å². The number of halogens is 1. The third kappa shape index (κ3) is 2.74. The molecule has 0 aliphatic carbocycles. The van der Waals surface area contributed by atoms with Gasteiger partial charge in [0, 0.05) is 6.20 Å². The predicted octanol–water partition coefficient (Wildman–Crippen LogP) is 2.28. The fraction of sp³-hybridized carbons (Fsp3) is 0. The maximum atomic E-state index is 10.8. The van der Waals surface area contributed by atoms with E-state index >= 15 is 0 Å². The molecule has 2 heterocycles. The largest absolute Gasteiger partial charge is 0.368 e. The van der Waals surface area contributed by atoms with Crippen LogP contribution in [0, 0.1) is 10.1 Å². The van der Waals surface area contributed by atoms with Crippen LogP contribution in [0.25, 0.3) is 0 Å². The molecule has 0 aliphatic rings. The van der Waals surface area contributed by atoms with Crippen LogP contribution in [0.5, 0.6) is 0 Å². The zero-order valence-electron chi connectivity index (χ0n) is 8.78. The highest BCUT2D eigenvalue weighted by Gasteiger charge is 2.19. The van der Waals surface area contributed by atoms with Crippen LogP contribution in [-0.4, -0.2) is 19.9 Å². The van der Waals surface area contributed by atoms with Gasteiger partial charge in [-0.15, -0.1) is 0 Å². The van der Waals surface area contributed by atoms with E-state index in [0.717, 1.165) is 22.4 Å². The number of nitrogens with zero attached hydrogens (tertiary/aromatic N) is 4. The van der Waals surface area contributed by atoms with Crippen molar-refractivity contribution in [2.45, 2.75) is 10.1 Å². The molecule has 2 aromatic heterocycles. The van der Waals surface area contributed by atoms with Gasteiger partial charge in [0.25, 0.3) is 0 Å². The number of nitro groups is 1. The molecule has 0 aromatic carbocycles. The van der Waals surface area contributed by atoms with Crippen LogP contribution in [0.4, 0.5) is 11.6 Å². The Kier molecular flexibility index (Phi) is 3.72. The third-order valence-electron chi connectivity index (χ3n) is 1.87. The summed E-state index contributed by atoms with van der Waals surface area (Å²) in [5.74, 6) is -0.0184. The molecule has 18 heavy (non-hydrogen) atoms. The van der Waals surface area contributed by atoms with Crippen LogP contribution in [0.3, 0.4) is 0 Å². The van der Waals surface area contributed by atoms with Gasteiger partial charge in [-0.1, -0.05) is 0 Å². The van der Waals surface area contributed by atoms with Gasteiger partial charge in [0.05, 0.1) is 9.40 Å². The second-order valence-corrected chi connectivity index (χ2v) is 4.90. The Morgan fingerprint density at radius 3 is 2.83 bits per heavy atom. The molecule has 2 aromatic rings. The van der Waals surface area contributed by atoms with Crippen molar-refractivity contribution in [3.05, 3.63) is 39.1 Å². The van der Waals surface area contributed by atoms with Crippen LogP contribution in [0.2, 0.25) is 0 Å². The van der Waals surface area contributed by atoms with E-state index in [1.54, 1.807) is 18.3 Å². The minimum atomic E-state index is -0.557. The van der Waals surface area contributed by atoms with Crippen LogP contribution in [-0.2, 0) is 0 Å². The average Bonchev–Trinajstić information content (AvgIpc) is 2.32. The molecule has 0 spiro atoms. The maximum absolute atomic E-state index is 10.8. The van der Waals surface area contributed by atoms with E-state index in [9.17, 15) is 10.1 Å². The number of nitrogen functional groups attached to an aromatic ring is 1. The number of anilines is 1. The molecule has 0 bridgehead atoms. The molecule has 0 unspecified atom stereocenters. The standard InChI is InChI=1S/C9H6BrN5O2S/c10-5-2-1-3-12-7(5)18-8-6(15(16)17)4-13-9(11)14-8/h1-4H,(H2,11,13,14). The topological polar surface area (TPSA) is 108 Å².